The number of rotatable bonds is 8. The molecule has 0 aliphatic carbocycles. The third kappa shape index (κ3) is 5.24. The molecule has 140 valence electrons. The summed E-state index contributed by atoms with van der Waals surface area (Å²) in [6, 6.07) is 8.29. The lowest BCUT2D eigenvalue weighted by Gasteiger charge is -2.09. The Bertz CT molecular complexity index is 869. The molecule has 0 unspecified atom stereocenters. The standard InChI is InChI=1S/C17H17F2NO5S/c1-20-26(22,23)14-7-8-16(19)15(11-14)17(21)25-10-2-9-24-13-5-3-12(18)4-6-13/h3-8,11,20H,2,9-10H2,1H3. The molecule has 0 spiro atoms. The molecule has 6 nitrogen and oxygen atoms in total. The summed E-state index contributed by atoms with van der Waals surface area (Å²) in [6.45, 7) is 0.151. The quantitative estimate of drug-likeness (QED) is 0.558. The van der Waals surface area contributed by atoms with Gasteiger partial charge < -0.3 is 9.47 Å². The molecule has 0 aliphatic rings. The number of hydrogen-bond acceptors (Lipinski definition) is 5. The molecule has 26 heavy (non-hydrogen) atoms. The van der Waals surface area contributed by atoms with Gasteiger partial charge in [0.05, 0.1) is 23.7 Å². The van der Waals surface area contributed by atoms with E-state index in [9.17, 15) is 22.0 Å². The fourth-order valence-electron chi connectivity index (χ4n) is 1.97. The van der Waals surface area contributed by atoms with Crippen LogP contribution in [0.25, 0.3) is 0 Å². The fraction of sp³-hybridized carbons (Fsp3) is 0.235. The van der Waals surface area contributed by atoms with Gasteiger partial charge >= 0.3 is 5.97 Å². The van der Waals surface area contributed by atoms with Crippen molar-refractivity contribution in [3.05, 3.63) is 59.7 Å². The molecule has 0 saturated carbocycles. The Labute approximate surface area is 149 Å². The SMILES string of the molecule is CNS(=O)(=O)c1ccc(F)c(C(=O)OCCCOc2ccc(F)cc2)c1. The minimum absolute atomic E-state index is 0.0531. The minimum Gasteiger partial charge on any atom is -0.493 e. The zero-order valence-corrected chi connectivity index (χ0v) is 14.7. The van der Waals surface area contributed by atoms with Gasteiger partial charge in [-0.2, -0.15) is 0 Å². The highest BCUT2D eigenvalue weighted by atomic mass is 32.2. The average Bonchev–Trinajstić information content (AvgIpc) is 2.63. The van der Waals surface area contributed by atoms with Gasteiger partial charge in [0.2, 0.25) is 10.0 Å². The van der Waals surface area contributed by atoms with Crippen molar-refractivity contribution in [3.8, 4) is 5.75 Å². The van der Waals surface area contributed by atoms with Crippen LogP contribution in [0.15, 0.2) is 47.4 Å². The van der Waals surface area contributed by atoms with Gasteiger partial charge in [0, 0.05) is 6.42 Å². The first-order valence-corrected chi connectivity index (χ1v) is 9.10. The summed E-state index contributed by atoms with van der Waals surface area (Å²) in [5, 5.41) is 0. The summed E-state index contributed by atoms with van der Waals surface area (Å²) in [4.78, 5) is 11.7. The second-order valence-electron chi connectivity index (χ2n) is 5.14. The molecule has 0 aromatic heterocycles. The van der Waals surface area contributed by atoms with Gasteiger partial charge in [0.25, 0.3) is 0 Å². The van der Waals surface area contributed by atoms with Crippen molar-refractivity contribution in [1.29, 1.82) is 0 Å². The summed E-state index contributed by atoms with van der Waals surface area (Å²) in [5.41, 5.74) is -0.472. The van der Waals surface area contributed by atoms with E-state index in [0.29, 0.717) is 12.2 Å². The van der Waals surface area contributed by atoms with E-state index in [-0.39, 0.29) is 23.9 Å². The second-order valence-corrected chi connectivity index (χ2v) is 7.03. The predicted octanol–water partition coefficient (Wildman–Crippen LogP) is 2.50. The Morgan fingerprint density at radius 3 is 2.42 bits per heavy atom. The van der Waals surface area contributed by atoms with E-state index < -0.39 is 27.4 Å². The molecule has 0 fully saturated rings. The summed E-state index contributed by atoms with van der Waals surface area (Å²) >= 11 is 0. The Morgan fingerprint density at radius 2 is 1.77 bits per heavy atom. The van der Waals surface area contributed by atoms with Crippen molar-refractivity contribution in [2.45, 2.75) is 11.3 Å². The van der Waals surface area contributed by atoms with Crippen LogP contribution in [0, 0.1) is 11.6 Å². The van der Waals surface area contributed by atoms with Gasteiger partial charge in [-0.1, -0.05) is 0 Å². The molecule has 0 radical (unpaired) electrons. The van der Waals surface area contributed by atoms with Crippen LogP contribution in [0.5, 0.6) is 5.75 Å². The Hall–Kier alpha value is -2.52. The van der Waals surface area contributed by atoms with Crippen molar-refractivity contribution < 1.29 is 31.5 Å². The van der Waals surface area contributed by atoms with Crippen molar-refractivity contribution in [3.63, 3.8) is 0 Å². The topological polar surface area (TPSA) is 81.7 Å². The lowest BCUT2D eigenvalue weighted by Crippen LogP contribution is -2.19. The summed E-state index contributed by atoms with van der Waals surface area (Å²) in [7, 11) is -2.60. The zero-order valence-electron chi connectivity index (χ0n) is 13.9. The lowest BCUT2D eigenvalue weighted by atomic mass is 10.2. The highest BCUT2D eigenvalue weighted by molar-refractivity contribution is 7.89. The van der Waals surface area contributed by atoms with E-state index >= 15 is 0 Å². The van der Waals surface area contributed by atoms with Crippen LogP contribution in [-0.4, -0.2) is 34.6 Å². The van der Waals surface area contributed by atoms with Gasteiger partial charge in [-0.3, -0.25) is 0 Å². The maximum Gasteiger partial charge on any atom is 0.341 e. The molecule has 0 atom stereocenters. The third-order valence-corrected chi connectivity index (χ3v) is 4.75. The average molecular weight is 385 g/mol. The van der Waals surface area contributed by atoms with Crippen molar-refractivity contribution in [1.82, 2.24) is 4.72 Å². The van der Waals surface area contributed by atoms with E-state index in [1.54, 1.807) is 0 Å². The van der Waals surface area contributed by atoms with E-state index in [4.69, 9.17) is 9.47 Å². The number of carbonyl (C=O) groups is 1. The number of carbonyl (C=O) groups excluding carboxylic acids is 1. The van der Waals surface area contributed by atoms with Gasteiger partial charge in [-0.15, -0.1) is 0 Å². The van der Waals surface area contributed by atoms with Crippen LogP contribution >= 0.6 is 0 Å². The van der Waals surface area contributed by atoms with Crippen LogP contribution in [0.1, 0.15) is 16.8 Å². The molecule has 0 amide bonds. The molecule has 2 rings (SSSR count). The monoisotopic (exact) mass is 385 g/mol. The van der Waals surface area contributed by atoms with Crippen molar-refractivity contribution in [2.24, 2.45) is 0 Å². The van der Waals surface area contributed by atoms with Crippen LogP contribution in [0.4, 0.5) is 8.78 Å². The zero-order chi connectivity index (χ0) is 19.2. The number of ether oxygens (including phenoxy) is 2. The highest BCUT2D eigenvalue weighted by Crippen LogP contribution is 2.16. The first kappa shape index (κ1) is 19.8. The molecule has 1 N–H and O–H groups in total. The van der Waals surface area contributed by atoms with E-state index in [2.05, 4.69) is 4.72 Å². The summed E-state index contributed by atoms with van der Waals surface area (Å²) < 4.78 is 62.3. The maximum atomic E-state index is 13.8. The summed E-state index contributed by atoms with van der Waals surface area (Å²) in [6.07, 6.45) is 0.319. The number of halogens is 2. The van der Waals surface area contributed by atoms with Crippen LogP contribution in [0.3, 0.4) is 0 Å². The van der Waals surface area contributed by atoms with E-state index in [1.807, 2.05) is 0 Å². The molecule has 2 aromatic rings. The van der Waals surface area contributed by atoms with Crippen LogP contribution in [-0.2, 0) is 14.8 Å². The van der Waals surface area contributed by atoms with Gasteiger partial charge in [0.1, 0.15) is 17.4 Å². The van der Waals surface area contributed by atoms with E-state index in [1.165, 1.54) is 31.3 Å². The predicted molar refractivity (Wildman–Crippen MR) is 89.4 cm³/mol. The first-order chi connectivity index (χ1) is 12.3. The second kappa shape index (κ2) is 8.72. The fourth-order valence-corrected chi connectivity index (χ4v) is 2.72. The van der Waals surface area contributed by atoms with Gasteiger partial charge in [-0.25, -0.2) is 26.7 Å². The first-order valence-electron chi connectivity index (χ1n) is 7.62. The molecule has 0 heterocycles. The Kier molecular flexibility index (Phi) is 6.64. The highest BCUT2D eigenvalue weighted by Gasteiger charge is 2.19. The molecular weight excluding hydrogens is 368 g/mol. The normalized spacial score (nSPS) is 11.2. The Balaban J connectivity index is 1.87. The van der Waals surface area contributed by atoms with Crippen molar-refractivity contribution >= 4 is 16.0 Å². The van der Waals surface area contributed by atoms with Gasteiger partial charge in [-0.05, 0) is 49.5 Å². The molecular formula is C17H17F2NO5S. The lowest BCUT2D eigenvalue weighted by molar-refractivity contribution is 0.0480. The summed E-state index contributed by atoms with van der Waals surface area (Å²) in [5.74, 6) is -1.77. The smallest absolute Gasteiger partial charge is 0.341 e. The molecule has 2 aromatic carbocycles. The number of esters is 1. The number of sulfonamides is 1. The number of benzene rings is 2. The minimum atomic E-state index is -3.80. The third-order valence-electron chi connectivity index (χ3n) is 3.34. The molecule has 0 saturated heterocycles. The van der Waals surface area contributed by atoms with E-state index in [0.717, 1.165) is 18.2 Å². The van der Waals surface area contributed by atoms with Gasteiger partial charge in [0.15, 0.2) is 0 Å². The molecule has 0 aliphatic heterocycles. The number of hydrogen-bond donors (Lipinski definition) is 1. The number of nitrogens with one attached hydrogen (secondary N) is 1. The van der Waals surface area contributed by atoms with Crippen LogP contribution in [0.2, 0.25) is 0 Å². The van der Waals surface area contributed by atoms with Crippen molar-refractivity contribution in [2.75, 3.05) is 20.3 Å². The molecule has 9 heteroatoms. The van der Waals surface area contributed by atoms with Crippen LogP contribution < -0.4 is 9.46 Å². The molecule has 0 bridgehead atoms. The largest absolute Gasteiger partial charge is 0.493 e. The Morgan fingerprint density at radius 1 is 1.08 bits per heavy atom. The maximum absolute atomic E-state index is 13.8.